The number of aromatic hydroxyl groups is 2. The van der Waals surface area contributed by atoms with Crippen molar-refractivity contribution in [1.29, 1.82) is 0 Å². The quantitative estimate of drug-likeness (QED) is 0.665. The van der Waals surface area contributed by atoms with Crippen molar-refractivity contribution in [1.82, 2.24) is 0 Å². The third-order valence-electron chi connectivity index (χ3n) is 4.03. The van der Waals surface area contributed by atoms with Crippen molar-refractivity contribution in [3.05, 3.63) is 72.3 Å². The summed E-state index contributed by atoms with van der Waals surface area (Å²) in [4.78, 5) is 0. The van der Waals surface area contributed by atoms with E-state index in [9.17, 15) is 10.2 Å². The smallest absolute Gasteiger partial charge is 0.115 e. The molecule has 0 unspecified atom stereocenters. The number of hydrogen-bond acceptors (Lipinski definition) is 2. The zero-order valence-electron chi connectivity index (χ0n) is 13.3. The average Bonchev–Trinajstić information content (AvgIpc) is 2.55. The minimum Gasteiger partial charge on any atom is -0.508 e. The van der Waals surface area contributed by atoms with E-state index in [2.05, 4.69) is 32.0 Å². The molecule has 0 aliphatic carbocycles. The highest BCUT2D eigenvalue weighted by Crippen LogP contribution is 2.34. The van der Waals surface area contributed by atoms with E-state index in [-0.39, 0.29) is 5.75 Å². The number of phenols is 2. The van der Waals surface area contributed by atoms with Crippen molar-refractivity contribution < 1.29 is 10.2 Å². The molecule has 3 aromatic rings. The normalized spacial score (nSPS) is 10.9. The largest absolute Gasteiger partial charge is 0.508 e. The van der Waals surface area contributed by atoms with Crippen molar-refractivity contribution in [2.45, 2.75) is 19.8 Å². The summed E-state index contributed by atoms with van der Waals surface area (Å²) in [7, 11) is 0. The van der Waals surface area contributed by atoms with Crippen LogP contribution >= 0.6 is 0 Å². The van der Waals surface area contributed by atoms with Gasteiger partial charge in [-0.3, -0.25) is 0 Å². The molecular weight excluding hydrogens is 284 g/mol. The third-order valence-corrected chi connectivity index (χ3v) is 4.03. The maximum absolute atomic E-state index is 9.77. The van der Waals surface area contributed by atoms with Crippen molar-refractivity contribution in [3.63, 3.8) is 0 Å². The van der Waals surface area contributed by atoms with Crippen LogP contribution in [0, 0.1) is 0 Å². The summed E-state index contributed by atoms with van der Waals surface area (Å²) in [6, 6.07) is 21.1. The lowest BCUT2D eigenvalue weighted by molar-refractivity contribution is 0.474. The molecule has 2 heteroatoms. The summed E-state index contributed by atoms with van der Waals surface area (Å²) in [5, 5.41) is 19.2. The molecular formula is C21H20O2. The Kier molecular flexibility index (Phi) is 4.07. The van der Waals surface area contributed by atoms with E-state index in [4.69, 9.17) is 0 Å². The summed E-state index contributed by atoms with van der Waals surface area (Å²) in [5.41, 5.74) is 5.56. The second-order valence-electron chi connectivity index (χ2n) is 6.05. The van der Waals surface area contributed by atoms with Crippen LogP contribution in [0.3, 0.4) is 0 Å². The Morgan fingerprint density at radius 1 is 0.652 bits per heavy atom. The van der Waals surface area contributed by atoms with Crippen LogP contribution < -0.4 is 0 Å². The lowest BCUT2D eigenvalue weighted by atomic mass is 9.91. The minimum absolute atomic E-state index is 0.269. The molecule has 0 saturated carbocycles. The standard InChI is InChI=1S/C21H20O2/c1-14(2)21-13-19(23)10-11-20(21)17-5-3-4-16(12-17)15-6-8-18(22)9-7-15/h3-14,22-23H,1-2H3. The summed E-state index contributed by atoms with van der Waals surface area (Å²) in [5.74, 6) is 0.895. The van der Waals surface area contributed by atoms with Gasteiger partial charge in [0.15, 0.2) is 0 Å². The summed E-state index contributed by atoms with van der Waals surface area (Å²) < 4.78 is 0. The summed E-state index contributed by atoms with van der Waals surface area (Å²) in [6.07, 6.45) is 0. The molecule has 116 valence electrons. The fourth-order valence-corrected chi connectivity index (χ4v) is 2.81. The summed E-state index contributed by atoms with van der Waals surface area (Å²) >= 11 is 0. The molecule has 3 rings (SSSR count). The van der Waals surface area contributed by atoms with Gasteiger partial charge in [-0.2, -0.15) is 0 Å². The molecule has 0 spiro atoms. The first-order valence-corrected chi connectivity index (χ1v) is 7.77. The molecule has 2 N–H and O–H groups in total. The number of hydrogen-bond donors (Lipinski definition) is 2. The molecule has 0 fully saturated rings. The number of rotatable bonds is 3. The van der Waals surface area contributed by atoms with E-state index in [1.54, 1.807) is 18.2 Å². The Balaban J connectivity index is 2.08. The van der Waals surface area contributed by atoms with Gasteiger partial charge >= 0.3 is 0 Å². The maximum Gasteiger partial charge on any atom is 0.115 e. The van der Waals surface area contributed by atoms with Gasteiger partial charge in [0, 0.05) is 0 Å². The van der Waals surface area contributed by atoms with Crippen LogP contribution in [0.4, 0.5) is 0 Å². The highest BCUT2D eigenvalue weighted by molar-refractivity contribution is 5.75. The van der Waals surface area contributed by atoms with Crippen LogP contribution in [0.5, 0.6) is 11.5 Å². The fraction of sp³-hybridized carbons (Fsp3) is 0.143. The third kappa shape index (κ3) is 3.21. The van der Waals surface area contributed by atoms with Gasteiger partial charge in [-0.1, -0.05) is 50.2 Å². The Morgan fingerprint density at radius 3 is 2.00 bits per heavy atom. The summed E-state index contributed by atoms with van der Waals surface area (Å²) in [6.45, 7) is 4.25. The van der Waals surface area contributed by atoms with Gasteiger partial charge < -0.3 is 10.2 Å². The van der Waals surface area contributed by atoms with Crippen molar-refractivity contribution in [2.24, 2.45) is 0 Å². The predicted molar refractivity (Wildman–Crippen MR) is 94.7 cm³/mol. The fourth-order valence-electron chi connectivity index (χ4n) is 2.81. The molecule has 0 aliphatic rings. The van der Waals surface area contributed by atoms with E-state index >= 15 is 0 Å². The first-order valence-electron chi connectivity index (χ1n) is 7.77. The predicted octanol–water partition coefficient (Wildman–Crippen LogP) is 5.56. The second kappa shape index (κ2) is 6.17. The van der Waals surface area contributed by atoms with Gasteiger partial charge in [-0.15, -0.1) is 0 Å². The minimum atomic E-state index is 0.269. The maximum atomic E-state index is 9.77. The Morgan fingerprint density at radius 2 is 1.30 bits per heavy atom. The van der Waals surface area contributed by atoms with E-state index in [1.165, 1.54) is 0 Å². The van der Waals surface area contributed by atoms with Gasteiger partial charge in [0.2, 0.25) is 0 Å². The van der Waals surface area contributed by atoms with Gasteiger partial charge in [0.1, 0.15) is 11.5 Å². The van der Waals surface area contributed by atoms with Crippen LogP contribution in [0.1, 0.15) is 25.3 Å². The number of benzene rings is 3. The van der Waals surface area contributed by atoms with E-state index in [0.29, 0.717) is 11.7 Å². The molecule has 3 aromatic carbocycles. The van der Waals surface area contributed by atoms with Crippen molar-refractivity contribution in [3.8, 4) is 33.8 Å². The molecule has 0 saturated heterocycles. The van der Waals surface area contributed by atoms with E-state index in [0.717, 1.165) is 27.8 Å². The first-order chi connectivity index (χ1) is 11.0. The average molecular weight is 304 g/mol. The van der Waals surface area contributed by atoms with Crippen LogP contribution in [0.25, 0.3) is 22.3 Å². The van der Waals surface area contributed by atoms with Crippen LogP contribution in [0.2, 0.25) is 0 Å². The Labute approximate surface area is 136 Å². The van der Waals surface area contributed by atoms with Gasteiger partial charge in [0.05, 0.1) is 0 Å². The molecule has 0 atom stereocenters. The zero-order valence-corrected chi connectivity index (χ0v) is 13.3. The van der Waals surface area contributed by atoms with E-state index < -0.39 is 0 Å². The molecule has 0 aliphatic heterocycles. The zero-order chi connectivity index (χ0) is 16.4. The van der Waals surface area contributed by atoms with Crippen molar-refractivity contribution >= 4 is 0 Å². The second-order valence-corrected chi connectivity index (χ2v) is 6.05. The van der Waals surface area contributed by atoms with Gasteiger partial charge in [-0.25, -0.2) is 0 Å². The van der Waals surface area contributed by atoms with Gasteiger partial charge in [-0.05, 0) is 64.1 Å². The van der Waals surface area contributed by atoms with Crippen LogP contribution in [-0.2, 0) is 0 Å². The van der Waals surface area contributed by atoms with Crippen LogP contribution in [-0.4, -0.2) is 10.2 Å². The highest BCUT2D eigenvalue weighted by Gasteiger charge is 2.10. The topological polar surface area (TPSA) is 40.5 Å². The lowest BCUT2D eigenvalue weighted by Gasteiger charge is -2.14. The molecule has 0 amide bonds. The molecule has 0 heterocycles. The molecule has 0 aromatic heterocycles. The molecule has 2 nitrogen and oxygen atoms in total. The molecule has 0 bridgehead atoms. The first kappa shape index (κ1) is 15.2. The SMILES string of the molecule is CC(C)c1cc(O)ccc1-c1cccc(-c2ccc(O)cc2)c1. The molecule has 0 radical (unpaired) electrons. The molecule has 23 heavy (non-hydrogen) atoms. The highest BCUT2D eigenvalue weighted by atomic mass is 16.3. The van der Waals surface area contributed by atoms with Crippen molar-refractivity contribution in [2.75, 3.05) is 0 Å². The van der Waals surface area contributed by atoms with Crippen LogP contribution in [0.15, 0.2) is 66.7 Å². The Bertz CT molecular complexity index is 818. The lowest BCUT2D eigenvalue weighted by Crippen LogP contribution is -1.92. The Hall–Kier alpha value is -2.74. The number of phenolic OH excluding ortho intramolecular Hbond substituents is 2. The van der Waals surface area contributed by atoms with E-state index in [1.807, 2.05) is 30.3 Å². The monoisotopic (exact) mass is 304 g/mol. The van der Waals surface area contributed by atoms with Gasteiger partial charge in [0.25, 0.3) is 0 Å².